The Labute approximate surface area is 157 Å². The molecule has 0 aliphatic carbocycles. The van der Waals surface area contributed by atoms with Gasteiger partial charge in [0.1, 0.15) is 6.61 Å². The maximum atomic E-state index is 13.7. The van der Waals surface area contributed by atoms with Gasteiger partial charge in [0.05, 0.1) is 40.7 Å². The first-order chi connectivity index (χ1) is 12.9. The van der Waals surface area contributed by atoms with Gasteiger partial charge in [-0.1, -0.05) is 0 Å². The predicted octanol–water partition coefficient (Wildman–Crippen LogP) is 5.19. The van der Waals surface area contributed by atoms with Gasteiger partial charge in [-0.3, -0.25) is 0 Å². The summed E-state index contributed by atoms with van der Waals surface area (Å²) in [7, 11) is 1.40. The van der Waals surface area contributed by atoms with Gasteiger partial charge >= 0.3 is 12.4 Å². The van der Waals surface area contributed by atoms with Gasteiger partial charge in [0, 0.05) is 13.1 Å². The molecule has 1 aliphatic heterocycles. The van der Waals surface area contributed by atoms with Gasteiger partial charge in [0.25, 0.3) is 0 Å². The van der Waals surface area contributed by atoms with Gasteiger partial charge in [-0.05, 0) is 26.0 Å². The van der Waals surface area contributed by atoms with Crippen LogP contribution >= 0.6 is 0 Å². The van der Waals surface area contributed by atoms with Crippen molar-refractivity contribution in [2.45, 2.75) is 44.8 Å². The molecule has 154 valence electrons. The van der Waals surface area contributed by atoms with Crippen molar-refractivity contribution in [3.8, 4) is 11.6 Å². The lowest BCUT2D eigenvalue weighted by Gasteiger charge is -2.37. The second-order valence-corrected chi connectivity index (χ2v) is 6.88. The van der Waals surface area contributed by atoms with Crippen molar-refractivity contribution >= 4 is 16.6 Å². The number of hydrogen-bond donors (Lipinski definition) is 0. The average molecular weight is 408 g/mol. The topological polar surface area (TPSA) is 34.6 Å². The second kappa shape index (κ2) is 6.89. The molecule has 3 rings (SSSR count). The molecule has 0 saturated carbocycles. The van der Waals surface area contributed by atoms with E-state index in [1.807, 2.05) is 0 Å². The van der Waals surface area contributed by atoms with E-state index < -0.39 is 30.4 Å². The van der Waals surface area contributed by atoms with E-state index in [1.54, 1.807) is 13.8 Å². The molecular weight excluding hydrogens is 390 g/mol. The third-order valence-electron chi connectivity index (χ3n) is 4.36. The summed E-state index contributed by atoms with van der Waals surface area (Å²) in [6.07, 6.45) is -10.7. The molecule has 1 aromatic heterocycles. The number of rotatable bonds is 3. The summed E-state index contributed by atoms with van der Waals surface area (Å²) in [6, 6.07) is 2.49. The monoisotopic (exact) mass is 408 g/mol. The fourth-order valence-corrected chi connectivity index (χ4v) is 3.16. The van der Waals surface area contributed by atoms with E-state index in [1.165, 1.54) is 24.1 Å². The number of nitrogens with zero attached hydrogens (tertiary/aromatic N) is 2. The minimum absolute atomic E-state index is 0.00750. The number of likely N-dealkylation sites (N-methyl/N-ethyl adjacent to an activating group) is 1. The van der Waals surface area contributed by atoms with Crippen molar-refractivity contribution in [2.24, 2.45) is 0 Å². The van der Waals surface area contributed by atoms with Gasteiger partial charge < -0.3 is 14.4 Å². The van der Waals surface area contributed by atoms with Gasteiger partial charge in [-0.15, -0.1) is 0 Å². The molecule has 1 aromatic carbocycles. The first-order valence-electron chi connectivity index (χ1n) is 8.51. The van der Waals surface area contributed by atoms with E-state index in [0.717, 1.165) is 6.07 Å². The van der Waals surface area contributed by atoms with Crippen LogP contribution in [0.5, 0.6) is 11.6 Å². The number of anilines is 1. The van der Waals surface area contributed by atoms with Gasteiger partial charge in [-0.25, -0.2) is 4.98 Å². The zero-order valence-electron chi connectivity index (χ0n) is 15.3. The van der Waals surface area contributed by atoms with Crippen molar-refractivity contribution in [3.63, 3.8) is 0 Å². The SMILES string of the molecule is CC(C)Oc1cc(C(F)(F)F)c2c3c(ccc2n1)N(C)C(CC(F)(F)F)CO3. The molecule has 0 radical (unpaired) electrons. The molecule has 4 nitrogen and oxygen atoms in total. The molecule has 0 bridgehead atoms. The first-order valence-corrected chi connectivity index (χ1v) is 8.51. The van der Waals surface area contributed by atoms with Crippen LogP contribution in [0.2, 0.25) is 0 Å². The van der Waals surface area contributed by atoms with E-state index >= 15 is 0 Å². The number of halogens is 6. The number of ether oxygens (including phenoxy) is 2. The van der Waals surface area contributed by atoms with Crippen LogP contribution in [0.4, 0.5) is 32.0 Å². The molecule has 2 aromatic rings. The number of alkyl halides is 6. The van der Waals surface area contributed by atoms with Crippen LogP contribution in [0.1, 0.15) is 25.8 Å². The van der Waals surface area contributed by atoms with Crippen LogP contribution in [-0.4, -0.2) is 37.0 Å². The fourth-order valence-electron chi connectivity index (χ4n) is 3.16. The maximum Gasteiger partial charge on any atom is 0.417 e. The summed E-state index contributed by atoms with van der Waals surface area (Å²) in [5, 5.41) is -0.293. The summed E-state index contributed by atoms with van der Waals surface area (Å²) >= 11 is 0. The molecule has 1 unspecified atom stereocenters. The molecule has 0 amide bonds. The highest BCUT2D eigenvalue weighted by Crippen LogP contribution is 2.46. The second-order valence-electron chi connectivity index (χ2n) is 6.88. The van der Waals surface area contributed by atoms with Gasteiger partial charge in [-0.2, -0.15) is 26.3 Å². The quantitative estimate of drug-likeness (QED) is 0.655. The number of benzene rings is 1. The van der Waals surface area contributed by atoms with Crippen LogP contribution in [0, 0.1) is 0 Å². The third kappa shape index (κ3) is 4.05. The summed E-state index contributed by atoms with van der Waals surface area (Å²) in [4.78, 5) is 5.40. The van der Waals surface area contributed by atoms with Crippen LogP contribution < -0.4 is 14.4 Å². The third-order valence-corrected chi connectivity index (χ3v) is 4.36. The molecule has 0 N–H and O–H groups in total. The molecule has 28 heavy (non-hydrogen) atoms. The Morgan fingerprint density at radius 3 is 2.46 bits per heavy atom. The van der Waals surface area contributed by atoms with Crippen molar-refractivity contribution < 1.29 is 35.8 Å². The predicted molar refractivity (Wildman–Crippen MR) is 90.9 cm³/mol. The lowest BCUT2D eigenvalue weighted by atomic mass is 10.0. The lowest BCUT2D eigenvalue weighted by Crippen LogP contribution is -2.43. The van der Waals surface area contributed by atoms with Crippen LogP contribution in [0.15, 0.2) is 18.2 Å². The minimum atomic E-state index is -4.73. The smallest absolute Gasteiger partial charge is 0.417 e. The standard InChI is InChI=1S/C18H18F6N2O2/c1-9(2)28-14-6-11(18(22,23)24)15-12(25-14)4-5-13-16(15)27-8-10(26(13)3)7-17(19,20)21/h4-6,9-10H,7-8H2,1-3H3. The highest BCUT2D eigenvalue weighted by molar-refractivity contribution is 5.95. The number of fused-ring (bicyclic) bond motifs is 3. The molecule has 10 heteroatoms. The lowest BCUT2D eigenvalue weighted by molar-refractivity contribution is -0.140. The van der Waals surface area contributed by atoms with E-state index in [2.05, 4.69) is 4.98 Å². The molecule has 0 saturated heterocycles. The fraction of sp³-hybridized carbons (Fsp3) is 0.500. The first kappa shape index (κ1) is 20.3. The van der Waals surface area contributed by atoms with E-state index in [4.69, 9.17) is 9.47 Å². The van der Waals surface area contributed by atoms with E-state index in [0.29, 0.717) is 0 Å². The summed E-state index contributed by atoms with van der Waals surface area (Å²) < 4.78 is 90.1. The highest BCUT2D eigenvalue weighted by atomic mass is 19.4. The van der Waals surface area contributed by atoms with Gasteiger partial charge in [0.15, 0.2) is 5.75 Å². The van der Waals surface area contributed by atoms with Crippen molar-refractivity contribution in [3.05, 3.63) is 23.8 Å². The molecule has 2 heterocycles. The van der Waals surface area contributed by atoms with E-state index in [9.17, 15) is 26.3 Å². The Balaban J connectivity index is 2.15. The molecule has 1 aliphatic rings. The molecule has 0 fully saturated rings. The summed E-state index contributed by atoms with van der Waals surface area (Å²) in [6.45, 7) is 2.93. The van der Waals surface area contributed by atoms with Crippen LogP contribution in [0.3, 0.4) is 0 Å². The average Bonchev–Trinajstić information content (AvgIpc) is 2.53. The van der Waals surface area contributed by atoms with Crippen molar-refractivity contribution in [1.82, 2.24) is 4.98 Å². The Bertz CT molecular complexity index is 879. The minimum Gasteiger partial charge on any atom is -0.489 e. The number of pyridine rings is 1. The van der Waals surface area contributed by atoms with Crippen LogP contribution in [-0.2, 0) is 6.18 Å². The number of hydrogen-bond acceptors (Lipinski definition) is 4. The highest BCUT2D eigenvalue weighted by Gasteiger charge is 2.40. The largest absolute Gasteiger partial charge is 0.489 e. The Morgan fingerprint density at radius 2 is 1.89 bits per heavy atom. The Kier molecular flexibility index (Phi) is 5.01. The van der Waals surface area contributed by atoms with E-state index in [-0.39, 0.29) is 40.9 Å². The van der Waals surface area contributed by atoms with Crippen molar-refractivity contribution in [1.29, 1.82) is 0 Å². The molecule has 0 spiro atoms. The zero-order chi connectivity index (χ0) is 20.9. The van der Waals surface area contributed by atoms with Gasteiger partial charge in [0.2, 0.25) is 5.88 Å². The summed E-state index contributed by atoms with van der Waals surface area (Å²) in [5.41, 5.74) is -0.864. The molecule has 1 atom stereocenters. The van der Waals surface area contributed by atoms with Crippen molar-refractivity contribution in [2.75, 3.05) is 18.6 Å². The Hall–Kier alpha value is -2.39. The normalized spacial score (nSPS) is 17.6. The Morgan fingerprint density at radius 1 is 1.21 bits per heavy atom. The van der Waals surface area contributed by atoms with Crippen LogP contribution in [0.25, 0.3) is 10.9 Å². The maximum absolute atomic E-state index is 13.7. The number of aromatic nitrogens is 1. The zero-order valence-corrected chi connectivity index (χ0v) is 15.3. The summed E-state index contributed by atoms with van der Waals surface area (Å²) in [5.74, 6) is -0.316. The molecular formula is C18H18F6N2O2.